The Labute approximate surface area is 58.6 Å². The summed E-state index contributed by atoms with van der Waals surface area (Å²) in [6.45, 7) is 0. The number of rotatable bonds is 1. The summed E-state index contributed by atoms with van der Waals surface area (Å²) >= 11 is 0. The Morgan fingerprint density at radius 3 is 3.20 bits per heavy atom. The smallest absolute Gasteiger partial charge is 0.405 e. The molecule has 0 aromatic rings. The highest BCUT2D eigenvalue weighted by Crippen LogP contribution is 2.17. The monoisotopic (exact) mass is 160 g/mol. The average Bonchev–Trinajstić information content (AvgIpc) is 1.88. The van der Waals surface area contributed by atoms with Crippen molar-refractivity contribution in [2.45, 2.75) is 5.85 Å². The molecular formula is C4H5N2O3P. The second-order valence-corrected chi connectivity index (χ2v) is 2.36. The Morgan fingerprint density at radius 2 is 2.70 bits per heavy atom. The minimum Gasteiger partial charge on any atom is -0.431 e. The Balaban J connectivity index is 2.40. The molecule has 6 heteroatoms. The second kappa shape index (κ2) is 3.17. The summed E-state index contributed by atoms with van der Waals surface area (Å²) in [7, 11) is 0.531. The van der Waals surface area contributed by atoms with Gasteiger partial charge in [0.2, 0.25) is 0 Å². The number of amides is 1. The number of nitrogens with two attached hydrogens (primary N) is 1. The van der Waals surface area contributed by atoms with E-state index in [1.54, 1.807) is 6.08 Å². The van der Waals surface area contributed by atoms with Crippen LogP contribution in [-0.2, 0) is 9.57 Å². The van der Waals surface area contributed by atoms with Crippen LogP contribution in [0.5, 0.6) is 0 Å². The zero-order chi connectivity index (χ0) is 7.40. The highest BCUT2D eigenvalue weighted by Gasteiger charge is 2.08. The van der Waals surface area contributed by atoms with Crippen LogP contribution in [0.4, 0.5) is 4.79 Å². The molecule has 0 spiro atoms. The van der Waals surface area contributed by atoms with Crippen molar-refractivity contribution < 1.29 is 14.4 Å². The van der Waals surface area contributed by atoms with Gasteiger partial charge in [-0.3, -0.25) is 0 Å². The Bertz CT molecular complexity index is 179. The third-order valence-electron chi connectivity index (χ3n) is 0.749. The summed E-state index contributed by atoms with van der Waals surface area (Å²) in [5, 5.41) is 0. The molecule has 0 saturated carbocycles. The largest absolute Gasteiger partial charge is 0.431 e. The lowest BCUT2D eigenvalue weighted by molar-refractivity contribution is 0.154. The molecule has 0 bridgehead atoms. The summed E-state index contributed by atoms with van der Waals surface area (Å²) < 4.78 is 4.56. The van der Waals surface area contributed by atoms with Crippen LogP contribution in [0.2, 0.25) is 0 Å². The van der Waals surface area contributed by atoms with Crippen molar-refractivity contribution >= 4 is 14.5 Å². The quantitative estimate of drug-likeness (QED) is 0.581. The van der Waals surface area contributed by atoms with Gasteiger partial charge in [-0.25, -0.2) is 4.79 Å². The van der Waals surface area contributed by atoms with E-state index >= 15 is 0 Å². The van der Waals surface area contributed by atoms with Crippen molar-refractivity contribution in [3.05, 3.63) is 12.3 Å². The highest BCUT2D eigenvalue weighted by atomic mass is 31.1. The summed E-state index contributed by atoms with van der Waals surface area (Å²) in [6, 6.07) is 0. The average molecular weight is 160 g/mol. The fraction of sp³-hybridized carbons (Fsp3) is 0.250. The van der Waals surface area contributed by atoms with E-state index in [1.807, 2.05) is 0 Å². The molecule has 1 atom stereocenters. The molecule has 1 amide bonds. The van der Waals surface area contributed by atoms with Crippen LogP contribution in [0.25, 0.3) is 0 Å². The van der Waals surface area contributed by atoms with Gasteiger partial charge < -0.3 is 15.3 Å². The number of carbonyl (C=O) groups is 1. The van der Waals surface area contributed by atoms with E-state index in [1.165, 1.54) is 6.26 Å². The third-order valence-corrected chi connectivity index (χ3v) is 1.44. The predicted molar refractivity (Wildman–Crippen MR) is 34.0 cm³/mol. The van der Waals surface area contributed by atoms with Gasteiger partial charge in [-0.1, -0.05) is 4.91 Å². The fourth-order valence-electron chi connectivity index (χ4n) is 0.424. The van der Waals surface area contributed by atoms with Crippen molar-refractivity contribution in [3.8, 4) is 0 Å². The minimum absolute atomic E-state index is 0.397. The second-order valence-electron chi connectivity index (χ2n) is 1.46. The molecule has 54 valence electrons. The number of ether oxygens (including phenoxy) is 1. The van der Waals surface area contributed by atoms with Crippen LogP contribution < -0.4 is 5.73 Å². The van der Waals surface area contributed by atoms with E-state index in [2.05, 4.69) is 14.5 Å². The van der Waals surface area contributed by atoms with Gasteiger partial charge >= 0.3 is 6.09 Å². The van der Waals surface area contributed by atoms with Gasteiger partial charge in [0, 0.05) is 6.08 Å². The van der Waals surface area contributed by atoms with E-state index in [-0.39, 0.29) is 0 Å². The maximum absolute atomic E-state index is 10.1. The number of hydrogen-bond acceptors (Lipinski definition) is 4. The Hall–Kier alpha value is -1.09. The molecule has 1 unspecified atom stereocenters. The van der Waals surface area contributed by atoms with E-state index in [9.17, 15) is 4.79 Å². The molecule has 0 aromatic heterocycles. The minimum atomic E-state index is -0.806. The van der Waals surface area contributed by atoms with Crippen molar-refractivity contribution in [2.24, 2.45) is 10.6 Å². The number of primary amides is 1. The van der Waals surface area contributed by atoms with E-state index in [0.29, 0.717) is 8.37 Å². The van der Waals surface area contributed by atoms with Gasteiger partial charge in [-0.05, 0) is 0 Å². The standard InChI is InChI=1S/C4H5N2O3P/c5-4(7)9-3-1-2-8-6-10-3/h1-3H,(H2,5,7). The molecule has 2 N–H and O–H groups in total. The molecule has 1 aliphatic heterocycles. The van der Waals surface area contributed by atoms with Crippen LogP contribution in [0.15, 0.2) is 17.2 Å². The van der Waals surface area contributed by atoms with Crippen LogP contribution in [0.3, 0.4) is 0 Å². The summed E-state index contributed by atoms with van der Waals surface area (Å²) in [5.41, 5.74) is 4.74. The molecule has 0 aromatic carbocycles. The molecular weight excluding hydrogens is 155 g/mol. The maximum atomic E-state index is 10.1. The fourth-order valence-corrected chi connectivity index (χ4v) is 0.924. The van der Waals surface area contributed by atoms with Crippen LogP contribution >= 0.6 is 8.37 Å². The van der Waals surface area contributed by atoms with Crippen molar-refractivity contribution in [1.82, 2.24) is 0 Å². The van der Waals surface area contributed by atoms with E-state index < -0.39 is 11.9 Å². The lowest BCUT2D eigenvalue weighted by Crippen LogP contribution is -2.17. The molecule has 0 radical (unpaired) electrons. The first kappa shape index (κ1) is 7.02. The van der Waals surface area contributed by atoms with Crippen molar-refractivity contribution in [2.75, 3.05) is 0 Å². The molecule has 0 aliphatic carbocycles. The van der Waals surface area contributed by atoms with Gasteiger partial charge in [0.05, 0.1) is 0 Å². The van der Waals surface area contributed by atoms with Crippen molar-refractivity contribution in [1.29, 1.82) is 0 Å². The molecule has 10 heavy (non-hydrogen) atoms. The Kier molecular flexibility index (Phi) is 2.23. The SMILES string of the molecule is NC(=O)OC1C=CON=P1. The van der Waals surface area contributed by atoms with Crippen LogP contribution in [-0.4, -0.2) is 11.9 Å². The topological polar surface area (TPSA) is 73.9 Å². The van der Waals surface area contributed by atoms with Crippen molar-refractivity contribution in [3.63, 3.8) is 0 Å². The highest BCUT2D eigenvalue weighted by molar-refractivity contribution is 7.27. The van der Waals surface area contributed by atoms with Gasteiger partial charge in [-0.2, -0.15) is 0 Å². The molecule has 1 heterocycles. The van der Waals surface area contributed by atoms with Gasteiger partial charge in [0.15, 0.2) is 5.85 Å². The van der Waals surface area contributed by atoms with Gasteiger partial charge in [0.25, 0.3) is 0 Å². The lowest BCUT2D eigenvalue weighted by atomic mass is 10.7. The Morgan fingerprint density at radius 1 is 1.90 bits per heavy atom. The lowest BCUT2D eigenvalue weighted by Gasteiger charge is -2.06. The van der Waals surface area contributed by atoms with Gasteiger partial charge in [0.1, 0.15) is 14.6 Å². The molecule has 5 nitrogen and oxygen atoms in total. The maximum Gasteiger partial charge on any atom is 0.405 e. The first-order valence-corrected chi connectivity index (χ1v) is 3.39. The zero-order valence-electron chi connectivity index (χ0n) is 4.93. The predicted octanol–water partition coefficient (Wildman–Crippen LogP) is 0.997. The van der Waals surface area contributed by atoms with Crippen LogP contribution in [0.1, 0.15) is 0 Å². The molecule has 0 fully saturated rings. The first-order chi connectivity index (χ1) is 4.79. The summed E-state index contributed by atoms with van der Waals surface area (Å²) in [6.07, 6.45) is 2.09. The normalized spacial score (nSPS) is 23.4. The summed E-state index contributed by atoms with van der Waals surface area (Å²) in [5.74, 6) is -0.397. The first-order valence-electron chi connectivity index (χ1n) is 2.48. The van der Waals surface area contributed by atoms with E-state index in [4.69, 9.17) is 5.73 Å². The zero-order valence-corrected chi connectivity index (χ0v) is 5.82. The number of carbonyl (C=O) groups excluding carboxylic acids is 1. The van der Waals surface area contributed by atoms with Crippen LogP contribution in [0, 0.1) is 0 Å². The van der Waals surface area contributed by atoms with E-state index in [0.717, 1.165) is 0 Å². The summed E-state index contributed by atoms with van der Waals surface area (Å²) in [4.78, 5) is 18.1. The van der Waals surface area contributed by atoms with Gasteiger partial charge in [-0.15, -0.1) is 0 Å². The number of nitrogens with zero attached hydrogens (tertiary/aromatic N) is 1. The third kappa shape index (κ3) is 2.03. The molecule has 0 saturated heterocycles. The molecule has 1 aliphatic rings. The number of hydrogen-bond donors (Lipinski definition) is 1. The molecule has 1 rings (SSSR count).